The van der Waals surface area contributed by atoms with E-state index in [0.717, 1.165) is 0 Å². The van der Waals surface area contributed by atoms with Crippen LogP contribution in [0.4, 0.5) is 0 Å². The van der Waals surface area contributed by atoms with Gasteiger partial charge in [0.1, 0.15) is 0 Å². The molecule has 5 heteroatoms. The quantitative estimate of drug-likeness (QED) is 0.422. The van der Waals surface area contributed by atoms with Gasteiger partial charge in [-0.15, -0.1) is 8.80 Å². The van der Waals surface area contributed by atoms with Crippen LogP contribution in [0.25, 0.3) is 0 Å². The lowest BCUT2D eigenvalue weighted by Crippen LogP contribution is -1.64. The van der Waals surface area contributed by atoms with E-state index in [4.69, 9.17) is 0 Å². The molecule has 0 fully saturated rings. The normalized spacial score (nSPS) is 20.9. The van der Waals surface area contributed by atoms with Gasteiger partial charge in [-0.3, -0.25) is 0 Å². The molecule has 0 spiro atoms. The fourth-order valence-electron chi connectivity index (χ4n) is 0.311. The summed E-state index contributed by atoms with van der Waals surface area (Å²) < 4.78 is 6.59. The van der Waals surface area contributed by atoms with Crippen LogP contribution in [0.3, 0.4) is 0 Å². The average Bonchev–Trinajstić information content (AvgIpc) is 2.51. The van der Waals surface area contributed by atoms with Gasteiger partial charge in [0, 0.05) is 21.2 Å². The largest absolute Gasteiger partial charge is 0.248 e. The molecule has 0 saturated carbocycles. The van der Waals surface area contributed by atoms with Crippen LogP contribution in [0, 0.1) is 0 Å². The lowest BCUT2D eigenvalue weighted by Gasteiger charge is -1.98. The molecule has 9 heavy (non-hydrogen) atoms. The van der Waals surface area contributed by atoms with Crippen LogP contribution in [0.15, 0.2) is 19.6 Å². The molecule has 0 saturated heterocycles. The van der Waals surface area contributed by atoms with Crippen LogP contribution < -0.4 is 0 Å². The molecule has 1 aliphatic heterocycles. The maximum atomic E-state index is 9.63. The third kappa shape index (κ3) is 1.15. The molecular formula is C4H2N2O2S. The molecule has 1 rings (SSSR count). The molecule has 0 unspecified atom stereocenters. The summed E-state index contributed by atoms with van der Waals surface area (Å²) in [6.45, 7) is 0. The van der Waals surface area contributed by atoms with Crippen molar-refractivity contribution in [2.24, 2.45) is 8.80 Å². The van der Waals surface area contributed by atoms with E-state index in [9.17, 15) is 9.59 Å². The highest BCUT2D eigenvalue weighted by molar-refractivity contribution is 8.41. The summed E-state index contributed by atoms with van der Waals surface area (Å²) in [5, 5.41) is 3.17. The number of nitrogens with zero attached hydrogens (tertiary/aromatic N) is 2. The van der Waals surface area contributed by atoms with Gasteiger partial charge in [-0.2, -0.15) is 0 Å². The predicted octanol–water partition coefficient (Wildman–Crippen LogP) is 0.777. The molecule has 4 nitrogen and oxygen atoms in total. The van der Waals surface area contributed by atoms with Crippen molar-refractivity contribution in [1.29, 1.82) is 0 Å². The van der Waals surface area contributed by atoms with Crippen molar-refractivity contribution in [2.75, 3.05) is 0 Å². The fourth-order valence-corrected chi connectivity index (χ4v) is 1.23. The van der Waals surface area contributed by atoms with Crippen LogP contribution >= 0.6 is 10.4 Å². The molecule has 0 N–H and O–H groups in total. The van der Waals surface area contributed by atoms with Crippen molar-refractivity contribution < 1.29 is 9.59 Å². The molecule has 0 amide bonds. The van der Waals surface area contributed by atoms with Crippen LogP contribution in [0.5, 0.6) is 0 Å². The molecule has 0 aliphatic carbocycles. The summed E-state index contributed by atoms with van der Waals surface area (Å²) in [4.78, 5) is 19.3. The maximum absolute atomic E-state index is 9.63. The zero-order valence-electron chi connectivity index (χ0n) is 4.27. The van der Waals surface area contributed by atoms with Gasteiger partial charge in [-0.1, -0.05) is 0 Å². The fraction of sp³-hybridized carbons (Fsp3) is 0. The molecule has 0 aromatic carbocycles. The Labute approximate surface area is 52.6 Å². The van der Waals surface area contributed by atoms with Gasteiger partial charge in [0.2, 0.25) is 12.2 Å². The number of isocyanates is 2. The van der Waals surface area contributed by atoms with Crippen molar-refractivity contribution in [2.45, 2.75) is 0 Å². The van der Waals surface area contributed by atoms with Gasteiger partial charge >= 0.3 is 0 Å². The highest BCUT2D eigenvalue weighted by atomic mass is 32.3. The maximum Gasteiger partial charge on any atom is 0.248 e. The first kappa shape index (κ1) is 5.98. The minimum absolute atomic E-state index is 1.33. The van der Waals surface area contributed by atoms with E-state index in [2.05, 4.69) is 8.80 Å². The lowest BCUT2D eigenvalue weighted by molar-refractivity contribution is 0.566. The Morgan fingerprint density at radius 3 is 1.78 bits per heavy atom. The highest BCUT2D eigenvalue weighted by Crippen LogP contribution is 2.65. The molecule has 0 radical (unpaired) electrons. The molecule has 1 aliphatic rings. The molecule has 0 aromatic heterocycles. The van der Waals surface area contributed by atoms with Gasteiger partial charge in [0.15, 0.2) is 0 Å². The second kappa shape index (κ2) is 1.99. The van der Waals surface area contributed by atoms with Crippen molar-refractivity contribution >= 4 is 22.6 Å². The molecule has 0 aromatic rings. The Morgan fingerprint density at radius 2 is 1.56 bits per heavy atom. The summed E-state index contributed by atoms with van der Waals surface area (Å²) >= 11 is 0. The number of rotatable bonds is 2. The summed E-state index contributed by atoms with van der Waals surface area (Å²) in [5.74, 6) is 0. The second-order valence-electron chi connectivity index (χ2n) is 1.28. The SMILES string of the molecule is O=C=NS1(N=C=O)C=C1. The Balaban J connectivity index is 2.75. The van der Waals surface area contributed by atoms with Crippen LogP contribution in [0.2, 0.25) is 0 Å². The third-order valence-electron chi connectivity index (χ3n) is 0.747. The highest BCUT2D eigenvalue weighted by Gasteiger charge is 2.26. The Bertz CT molecular complexity index is 221. The van der Waals surface area contributed by atoms with Crippen molar-refractivity contribution in [3.63, 3.8) is 0 Å². The topological polar surface area (TPSA) is 58.9 Å². The zero-order chi connectivity index (χ0) is 6.74. The van der Waals surface area contributed by atoms with Crippen molar-refractivity contribution in [3.8, 4) is 0 Å². The number of carbonyl (C=O) groups excluding carboxylic acids is 2. The molecule has 1 heterocycles. The summed E-state index contributed by atoms with van der Waals surface area (Å²) in [7, 11) is -1.78. The Hall–Kier alpha value is -1.15. The molecule has 46 valence electrons. The number of hydrogen-bond acceptors (Lipinski definition) is 4. The molecule has 0 bridgehead atoms. The van der Waals surface area contributed by atoms with Crippen LogP contribution in [-0.4, -0.2) is 12.2 Å². The zero-order valence-corrected chi connectivity index (χ0v) is 5.09. The Kier molecular flexibility index (Phi) is 1.32. The van der Waals surface area contributed by atoms with Gasteiger partial charge in [0.05, 0.1) is 0 Å². The average molecular weight is 142 g/mol. The van der Waals surface area contributed by atoms with Crippen molar-refractivity contribution in [1.82, 2.24) is 0 Å². The smallest absolute Gasteiger partial charge is 0.210 e. The van der Waals surface area contributed by atoms with Gasteiger partial charge < -0.3 is 0 Å². The lowest BCUT2D eigenvalue weighted by atomic mass is 11.3. The third-order valence-corrected chi connectivity index (χ3v) is 2.24. The van der Waals surface area contributed by atoms with E-state index < -0.39 is 10.4 Å². The van der Waals surface area contributed by atoms with E-state index in [-0.39, 0.29) is 0 Å². The summed E-state index contributed by atoms with van der Waals surface area (Å²) in [6, 6.07) is 0. The second-order valence-corrected chi connectivity index (χ2v) is 3.46. The number of hydrogen-bond donors (Lipinski definition) is 0. The van der Waals surface area contributed by atoms with Crippen molar-refractivity contribution in [3.05, 3.63) is 10.8 Å². The Morgan fingerprint density at radius 1 is 1.11 bits per heavy atom. The summed E-state index contributed by atoms with van der Waals surface area (Å²) in [6.07, 6.45) is 2.66. The van der Waals surface area contributed by atoms with Gasteiger partial charge in [-0.05, 0) is 0 Å². The van der Waals surface area contributed by atoms with E-state index >= 15 is 0 Å². The molecule has 0 atom stereocenters. The summed E-state index contributed by atoms with van der Waals surface area (Å²) in [5.41, 5.74) is 0. The first-order chi connectivity index (χ1) is 4.33. The van der Waals surface area contributed by atoms with E-state index in [0.29, 0.717) is 0 Å². The molecular weight excluding hydrogens is 140 g/mol. The van der Waals surface area contributed by atoms with Crippen LogP contribution in [0.1, 0.15) is 0 Å². The van der Waals surface area contributed by atoms with E-state index in [1.54, 1.807) is 10.8 Å². The minimum Gasteiger partial charge on any atom is -0.210 e. The van der Waals surface area contributed by atoms with Gasteiger partial charge in [-0.25, -0.2) is 9.59 Å². The first-order valence-electron chi connectivity index (χ1n) is 2.03. The van der Waals surface area contributed by atoms with Gasteiger partial charge in [0.25, 0.3) is 0 Å². The predicted molar refractivity (Wildman–Crippen MR) is 33.0 cm³/mol. The monoisotopic (exact) mass is 142 g/mol. The first-order valence-corrected chi connectivity index (χ1v) is 3.70. The van der Waals surface area contributed by atoms with E-state index in [1.807, 2.05) is 0 Å². The standard InChI is InChI=1S/C4H2N2O2S/c7-3-5-9(1-2-9)6-4-8/h1-2H. The van der Waals surface area contributed by atoms with Crippen LogP contribution in [-0.2, 0) is 9.59 Å². The van der Waals surface area contributed by atoms with E-state index in [1.165, 1.54) is 12.2 Å². The minimum atomic E-state index is -1.78.